The monoisotopic (exact) mass is 815 g/mol. The van der Waals surface area contributed by atoms with Crippen LogP contribution in [0.4, 0.5) is 0 Å². The van der Waals surface area contributed by atoms with Crippen LogP contribution in [0.2, 0.25) is 0 Å². The molecule has 0 saturated heterocycles. The van der Waals surface area contributed by atoms with Crippen molar-refractivity contribution in [1.29, 1.82) is 0 Å². The number of aliphatic hydroxyl groups is 2. The van der Waals surface area contributed by atoms with Gasteiger partial charge in [-0.3, -0.25) is 13.8 Å². The molecule has 10 heteroatoms. The Kier molecular flexibility index (Phi) is 41.3. The first-order chi connectivity index (χ1) is 27.3. The van der Waals surface area contributed by atoms with Gasteiger partial charge >= 0.3 is 7.82 Å². The Labute approximate surface area is 345 Å². The number of carbonyl (C=O) groups excluding carboxylic acids is 1. The maximum Gasteiger partial charge on any atom is 0.472 e. The number of allylic oxidation sites excluding steroid dienone is 3. The van der Waals surface area contributed by atoms with Crippen LogP contribution in [-0.4, -0.2) is 59.0 Å². The number of amides is 1. The van der Waals surface area contributed by atoms with Crippen molar-refractivity contribution < 1.29 is 33.5 Å². The van der Waals surface area contributed by atoms with Gasteiger partial charge in [-0.1, -0.05) is 212 Å². The minimum Gasteiger partial charge on any atom is -0.393 e. The highest BCUT2D eigenvalue weighted by atomic mass is 31.2. The van der Waals surface area contributed by atoms with Crippen LogP contribution in [0.5, 0.6) is 0 Å². The summed E-state index contributed by atoms with van der Waals surface area (Å²) in [5.74, 6) is -0.453. The normalized spacial score (nSPS) is 14.8. The van der Waals surface area contributed by atoms with E-state index in [0.29, 0.717) is 12.8 Å². The molecule has 0 spiro atoms. The van der Waals surface area contributed by atoms with Gasteiger partial charge in [-0.15, -0.1) is 0 Å². The summed E-state index contributed by atoms with van der Waals surface area (Å²) < 4.78 is 22.1. The third-order valence-electron chi connectivity index (χ3n) is 10.6. The van der Waals surface area contributed by atoms with Gasteiger partial charge in [-0.25, -0.2) is 4.57 Å². The van der Waals surface area contributed by atoms with E-state index in [4.69, 9.17) is 14.8 Å². The maximum absolute atomic E-state index is 12.8. The van der Waals surface area contributed by atoms with E-state index < -0.39 is 38.6 Å². The van der Waals surface area contributed by atoms with Gasteiger partial charge in [0.1, 0.15) is 0 Å². The van der Waals surface area contributed by atoms with Gasteiger partial charge in [0.25, 0.3) is 0 Å². The molecule has 0 radical (unpaired) electrons. The molecule has 0 aliphatic rings. The van der Waals surface area contributed by atoms with Crippen LogP contribution in [0.1, 0.15) is 226 Å². The second kappa shape index (κ2) is 42.1. The van der Waals surface area contributed by atoms with Crippen molar-refractivity contribution in [3.8, 4) is 0 Å². The summed E-state index contributed by atoms with van der Waals surface area (Å²) in [5.41, 5.74) is 5.37. The van der Waals surface area contributed by atoms with Crippen LogP contribution in [0.25, 0.3) is 0 Å². The molecule has 56 heavy (non-hydrogen) atoms. The van der Waals surface area contributed by atoms with Crippen LogP contribution in [-0.2, 0) is 18.4 Å². The highest BCUT2D eigenvalue weighted by Crippen LogP contribution is 2.43. The van der Waals surface area contributed by atoms with Crippen molar-refractivity contribution in [2.24, 2.45) is 5.73 Å². The van der Waals surface area contributed by atoms with E-state index in [1.807, 2.05) is 6.08 Å². The zero-order valence-corrected chi connectivity index (χ0v) is 37.4. The number of phosphoric acid groups is 1. The zero-order valence-electron chi connectivity index (χ0n) is 36.5. The first-order valence-electron chi connectivity index (χ1n) is 23.5. The Morgan fingerprint density at radius 2 is 1.02 bits per heavy atom. The number of hydrogen-bond acceptors (Lipinski definition) is 7. The molecule has 0 heterocycles. The average Bonchev–Trinajstić information content (AvgIpc) is 3.17. The Morgan fingerprint density at radius 3 is 1.48 bits per heavy atom. The highest BCUT2D eigenvalue weighted by Gasteiger charge is 2.27. The molecule has 6 N–H and O–H groups in total. The number of hydrogen-bond donors (Lipinski definition) is 5. The molecular formula is C46H91N2O7P. The van der Waals surface area contributed by atoms with E-state index >= 15 is 0 Å². The average molecular weight is 815 g/mol. The van der Waals surface area contributed by atoms with E-state index in [9.17, 15) is 24.5 Å². The van der Waals surface area contributed by atoms with Gasteiger partial charge in [0.05, 0.1) is 37.9 Å². The van der Waals surface area contributed by atoms with E-state index in [0.717, 1.165) is 32.1 Å². The summed E-state index contributed by atoms with van der Waals surface area (Å²) in [6.07, 6.45) is 45.5. The summed E-state index contributed by atoms with van der Waals surface area (Å²) in [6.45, 7) is 3.97. The van der Waals surface area contributed by atoms with Crippen molar-refractivity contribution in [3.63, 3.8) is 0 Å². The van der Waals surface area contributed by atoms with Crippen LogP contribution in [0, 0.1) is 0 Å². The second-order valence-electron chi connectivity index (χ2n) is 16.2. The quantitative estimate of drug-likeness (QED) is 0.0232. The number of nitrogens with two attached hydrogens (primary N) is 1. The lowest BCUT2D eigenvalue weighted by molar-refractivity contribution is -0.124. The highest BCUT2D eigenvalue weighted by molar-refractivity contribution is 7.47. The lowest BCUT2D eigenvalue weighted by atomic mass is 10.0. The van der Waals surface area contributed by atoms with Crippen molar-refractivity contribution in [3.05, 3.63) is 24.3 Å². The van der Waals surface area contributed by atoms with Crippen molar-refractivity contribution >= 4 is 13.7 Å². The van der Waals surface area contributed by atoms with E-state index in [1.165, 1.54) is 161 Å². The summed E-state index contributed by atoms with van der Waals surface area (Å²) in [7, 11) is -4.41. The summed E-state index contributed by atoms with van der Waals surface area (Å²) >= 11 is 0. The standard InChI is InChI=1S/C46H91N2O7P/c1-3-5-7-9-11-13-15-17-19-20-21-22-24-26-28-30-32-34-36-38-45(50)44(42-55-56(52,53)54-40-39-47)48-46(51)41-43(49)37-35-33-31-29-27-25-23-18-16-14-12-10-8-6-4-2/h28,30,36,38,43-45,49-50H,3-27,29,31-35,37,39-42,47H2,1-2H3,(H,48,51)(H,52,53)/b30-28+,38-36+. The third-order valence-corrected chi connectivity index (χ3v) is 11.6. The lowest BCUT2D eigenvalue weighted by Gasteiger charge is -2.24. The number of phosphoric ester groups is 1. The first kappa shape index (κ1) is 54.9. The maximum atomic E-state index is 12.8. The number of unbranched alkanes of at least 4 members (excludes halogenated alkanes) is 28. The van der Waals surface area contributed by atoms with E-state index in [1.54, 1.807) is 6.08 Å². The fourth-order valence-corrected chi connectivity index (χ4v) is 7.78. The minimum atomic E-state index is -4.41. The van der Waals surface area contributed by atoms with Gasteiger partial charge < -0.3 is 26.2 Å². The molecule has 0 saturated carbocycles. The van der Waals surface area contributed by atoms with Gasteiger partial charge in [0.2, 0.25) is 5.91 Å². The summed E-state index contributed by atoms with van der Waals surface area (Å²) in [6, 6.07) is -0.996. The molecule has 4 atom stereocenters. The smallest absolute Gasteiger partial charge is 0.393 e. The third kappa shape index (κ3) is 39.8. The van der Waals surface area contributed by atoms with Gasteiger partial charge in [-0.05, 0) is 32.1 Å². The van der Waals surface area contributed by atoms with E-state index in [2.05, 4.69) is 31.3 Å². The predicted molar refractivity (Wildman–Crippen MR) is 237 cm³/mol. The second-order valence-corrected chi connectivity index (χ2v) is 17.6. The van der Waals surface area contributed by atoms with Crippen LogP contribution in [0.3, 0.4) is 0 Å². The SMILES string of the molecule is CCCCCCCCCCCCCCC/C=C/CC/C=C/C(O)C(COP(=O)(O)OCCN)NC(=O)CC(O)CCCCCCCCCCCCCCCCC. The molecule has 0 aromatic rings. The minimum absolute atomic E-state index is 0.0462. The molecule has 332 valence electrons. The topological polar surface area (TPSA) is 151 Å². The number of rotatable bonds is 44. The van der Waals surface area contributed by atoms with Crippen LogP contribution < -0.4 is 11.1 Å². The fraction of sp³-hybridized carbons (Fsp3) is 0.891. The molecular weight excluding hydrogens is 723 g/mol. The summed E-state index contributed by atoms with van der Waals surface area (Å²) in [5, 5.41) is 24.1. The van der Waals surface area contributed by atoms with Gasteiger partial charge in [-0.2, -0.15) is 0 Å². The van der Waals surface area contributed by atoms with Crippen molar-refractivity contribution in [2.45, 2.75) is 244 Å². The lowest BCUT2D eigenvalue weighted by Crippen LogP contribution is -2.46. The molecule has 0 aromatic carbocycles. The Balaban J connectivity index is 4.30. The molecule has 1 amide bonds. The van der Waals surface area contributed by atoms with Crippen LogP contribution in [0.15, 0.2) is 24.3 Å². The van der Waals surface area contributed by atoms with Crippen molar-refractivity contribution in [2.75, 3.05) is 19.8 Å². The largest absolute Gasteiger partial charge is 0.472 e. The number of carbonyl (C=O) groups is 1. The molecule has 0 bridgehead atoms. The zero-order chi connectivity index (χ0) is 41.2. The Morgan fingerprint density at radius 1 is 0.607 bits per heavy atom. The fourth-order valence-electron chi connectivity index (χ4n) is 7.02. The van der Waals surface area contributed by atoms with Crippen molar-refractivity contribution in [1.82, 2.24) is 5.32 Å². The molecule has 4 unspecified atom stereocenters. The molecule has 0 fully saturated rings. The molecule has 0 aliphatic carbocycles. The molecule has 0 aliphatic heterocycles. The molecule has 0 aromatic heterocycles. The Bertz CT molecular complexity index is 950. The number of aliphatic hydroxyl groups excluding tert-OH is 2. The predicted octanol–water partition coefficient (Wildman–Crippen LogP) is 12.3. The van der Waals surface area contributed by atoms with E-state index in [-0.39, 0.29) is 19.6 Å². The van der Waals surface area contributed by atoms with Crippen LogP contribution >= 0.6 is 7.82 Å². The van der Waals surface area contributed by atoms with Gasteiger partial charge in [0, 0.05) is 6.54 Å². The Hall–Kier alpha value is -1.06. The summed E-state index contributed by atoms with van der Waals surface area (Å²) in [4.78, 5) is 22.8. The molecule has 0 rings (SSSR count). The molecule has 9 nitrogen and oxygen atoms in total. The first-order valence-corrected chi connectivity index (χ1v) is 25.0. The van der Waals surface area contributed by atoms with Gasteiger partial charge in [0.15, 0.2) is 0 Å². The number of nitrogens with one attached hydrogen (secondary N) is 1.